The number of nitrogens with zero attached hydrogens (tertiary/aromatic N) is 4. The molecule has 0 saturated carbocycles. The minimum absolute atomic E-state index is 0.312. The Balaban J connectivity index is 1.98. The molecule has 110 valence electrons. The van der Waals surface area contributed by atoms with Gasteiger partial charge in [0.2, 0.25) is 0 Å². The van der Waals surface area contributed by atoms with Crippen LogP contribution in [0.3, 0.4) is 0 Å². The summed E-state index contributed by atoms with van der Waals surface area (Å²) in [5, 5.41) is 12.8. The lowest BCUT2D eigenvalue weighted by molar-refractivity contribution is 0.137. The molecule has 1 aromatic heterocycles. The zero-order chi connectivity index (χ0) is 14.8. The Morgan fingerprint density at radius 1 is 1.45 bits per heavy atom. The molecule has 0 saturated heterocycles. The molecule has 2 unspecified atom stereocenters. The van der Waals surface area contributed by atoms with Gasteiger partial charge in [0.25, 0.3) is 0 Å². The van der Waals surface area contributed by atoms with Crippen LogP contribution in [0.15, 0.2) is 12.4 Å². The minimum atomic E-state index is -0.472. The first-order valence-electron chi connectivity index (χ1n) is 7.36. The van der Waals surface area contributed by atoms with Crippen molar-refractivity contribution in [1.82, 2.24) is 19.8 Å². The first-order valence-corrected chi connectivity index (χ1v) is 7.36. The molecule has 1 N–H and O–H groups in total. The molecule has 0 spiro atoms. The molecule has 2 heterocycles. The van der Waals surface area contributed by atoms with Crippen molar-refractivity contribution in [3.05, 3.63) is 18.2 Å². The van der Waals surface area contributed by atoms with E-state index in [-0.39, 0.29) is 0 Å². The predicted molar refractivity (Wildman–Crippen MR) is 79.0 cm³/mol. The number of hydrogen-bond acceptors (Lipinski definition) is 4. The summed E-state index contributed by atoms with van der Waals surface area (Å²) in [5.41, 5.74) is -0.472. The van der Waals surface area contributed by atoms with Crippen LogP contribution in [0, 0.1) is 11.3 Å². The van der Waals surface area contributed by atoms with E-state index in [1.54, 1.807) is 0 Å². The number of nitrogens with one attached hydrogen (secondary N) is 1. The van der Waals surface area contributed by atoms with Crippen molar-refractivity contribution in [2.75, 3.05) is 6.54 Å². The van der Waals surface area contributed by atoms with E-state index in [1.807, 2.05) is 19.3 Å². The fourth-order valence-electron chi connectivity index (χ4n) is 3.06. The largest absolute Gasteiger partial charge is 0.333 e. The van der Waals surface area contributed by atoms with Gasteiger partial charge < -0.3 is 4.57 Å². The highest BCUT2D eigenvalue weighted by Crippen LogP contribution is 2.20. The van der Waals surface area contributed by atoms with Crippen molar-refractivity contribution in [3.63, 3.8) is 0 Å². The normalized spacial score (nSPS) is 20.2. The van der Waals surface area contributed by atoms with Gasteiger partial charge in [-0.25, -0.2) is 4.98 Å². The second-order valence-corrected chi connectivity index (χ2v) is 6.30. The van der Waals surface area contributed by atoms with Crippen molar-refractivity contribution in [2.24, 2.45) is 0 Å². The van der Waals surface area contributed by atoms with Gasteiger partial charge in [-0.3, -0.25) is 10.2 Å². The molecule has 2 rings (SSSR count). The molecule has 0 radical (unpaired) electrons. The number of hydrogen-bond donors (Lipinski definition) is 1. The molecule has 1 aromatic rings. The second kappa shape index (κ2) is 5.94. The molecule has 2 atom stereocenters. The van der Waals surface area contributed by atoms with E-state index in [9.17, 15) is 5.26 Å². The van der Waals surface area contributed by atoms with Gasteiger partial charge in [-0.15, -0.1) is 0 Å². The summed E-state index contributed by atoms with van der Waals surface area (Å²) in [6, 6.07) is 3.11. The number of imidazole rings is 1. The number of nitriles is 1. The monoisotopic (exact) mass is 275 g/mol. The number of rotatable bonds is 5. The van der Waals surface area contributed by atoms with Crippen LogP contribution in [0.2, 0.25) is 0 Å². The molecule has 1 aliphatic heterocycles. The highest BCUT2D eigenvalue weighted by molar-refractivity contribution is 5.07. The van der Waals surface area contributed by atoms with E-state index in [0.717, 1.165) is 31.9 Å². The van der Waals surface area contributed by atoms with Gasteiger partial charge in [-0.1, -0.05) is 0 Å². The van der Waals surface area contributed by atoms with E-state index < -0.39 is 5.54 Å². The molecule has 5 nitrogen and oxygen atoms in total. The quantitative estimate of drug-likeness (QED) is 0.889. The van der Waals surface area contributed by atoms with Crippen LogP contribution in [0.5, 0.6) is 0 Å². The fraction of sp³-hybridized carbons (Fsp3) is 0.733. The predicted octanol–water partition coefficient (Wildman–Crippen LogP) is 1.76. The van der Waals surface area contributed by atoms with Gasteiger partial charge in [0.15, 0.2) is 0 Å². The zero-order valence-electron chi connectivity index (χ0n) is 12.9. The Bertz CT molecular complexity index is 487. The van der Waals surface area contributed by atoms with Gasteiger partial charge in [-0.05, 0) is 34.1 Å². The van der Waals surface area contributed by atoms with Crippen molar-refractivity contribution >= 4 is 0 Å². The van der Waals surface area contributed by atoms with Crippen LogP contribution < -0.4 is 5.32 Å². The zero-order valence-corrected chi connectivity index (χ0v) is 12.9. The molecule has 20 heavy (non-hydrogen) atoms. The third-order valence-corrected chi connectivity index (χ3v) is 3.96. The minimum Gasteiger partial charge on any atom is -0.333 e. The topological polar surface area (TPSA) is 56.9 Å². The van der Waals surface area contributed by atoms with Gasteiger partial charge >= 0.3 is 0 Å². The fourth-order valence-corrected chi connectivity index (χ4v) is 3.06. The second-order valence-electron chi connectivity index (χ2n) is 6.30. The molecule has 1 aliphatic rings. The Morgan fingerprint density at radius 2 is 2.20 bits per heavy atom. The summed E-state index contributed by atoms with van der Waals surface area (Å²) >= 11 is 0. The number of fused-ring (bicyclic) bond motifs is 1. The van der Waals surface area contributed by atoms with Gasteiger partial charge in [-0.2, -0.15) is 5.26 Å². The van der Waals surface area contributed by atoms with Crippen LogP contribution in [-0.2, 0) is 13.1 Å². The lowest BCUT2D eigenvalue weighted by Gasteiger charge is -2.37. The molecular formula is C15H25N5. The third-order valence-electron chi connectivity index (χ3n) is 3.96. The molecule has 5 heteroatoms. The Kier molecular flexibility index (Phi) is 4.46. The standard InChI is InChI=1S/C15H25N5/c1-12(2)18-15(4,11-16)9-13(3)20-8-7-19-6-5-17-14(19)10-20/h5-6,12-13,18H,7-10H2,1-4H3. The summed E-state index contributed by atoms with van der Waals surface area (Å²) in [5.74, 6) is 1.12. The highest BCUT2D eigenvalue weighted by Gasteiger charge is 2.30. The summed E-state index contributed by atoms with van der Waals surface area (Å²) < 4.78 is 2.21. The van der Waals surface area contributed by atoms with Crippen molar-refractivity contribution < 1.29 is 0 Å². The summed E-state index contributed by atoms with van der Waals surface area (Å²) in [4.78, 5) is 6.81. The van der Waals surface area contributed by atoms with Crippen LogP contribution in [-0.4, -0.2) is 38.6 Å². The lowest BCUT2D eigenvalue weighted by atomic mass is 9.93. The van der Waals surface area contributed by atoms with Crippen LogP contribution in [0.25, 0.3) is 0 Å². The van der Waals surface area contributed by atoms with Gasteiger partial charge in [0, 0.05) is 37.6 Å². The maximum absolute atomic E-state index is 9.46. The SMILES string of the molecule is CC(C)NC(C)(C#N)CC(C)N1CCn2ccnc2C1. The Labute approximate surface area is 121 Å². The molecule has 0 aromatic carbocycles. The van der Waals surface area contributed by atoms with Crippen molar-refractivity contribution in [1.29, 1.82) is 5.26 Å². The smallest absolute Gasteiger partial charge is 0.122 e. The Hall–Kier alpha value is -1.38. The van der Waals surface area contributed by atoms with Crippen LogP contribution in [0.1, 0.15) is 39.9 Å². The summed E-state index contributed by atoms with van der Waals surface area (Å²) in [7, 11) is 0. The molecule has 0 bridgehead atoms. The molecule has 0 amide bonds. The Morgan fingerprint density at radius 3 is 2.85 bits per heavy atom. The first kappa shape index (κ1) is 15.0. The van der Waals surface area contributed by atoms with Crippen molar-refractivity contribution in [3.8, 4) is 6.07 Å². The average molecular weight is 275 g/mol. The number of aromatic nitrogens is 2. The summed E-state index contributed by atoms with van der Waals surface area (Å²) in [6.45, 7) is 11.2. The first-order chi connectivity index (χ1) is 9.43. The maximum Gasteiger partial charge on any atom is 0.122 e. The van der Waals surface area contributed by atoms with E-state index >= 15 is 0 Å². The van der Waals surface area contributed by atoms with E-state index in [2.05, 4.69) is 46.6 Å². The molecular weight excluding hydrogens is 250 g/mol. The highest BCUT2D eigenvalue weighted by atomic mass is 15.2. The van der Waals surface area contributed by atoms with Crippen LogP contribution in [0.4, 0.5) is 0 Å². The molecule has 0 fully saturated rings. The van der Waals surface area contributed by atoms with Gasteiger partial charge in [0.1, 0.15) is 11.4 Å². The third kappa shape index (κ3) is 3.38. The van der Waals surface area contributed by atoms with E-state index in [1.165, 1.54) is 0 Å². The van der Waals surface area contributed by atoms with E-state index in [4.69, 9.17) is 0 Å². The maximum atomic E-state index is 9.46. The van der Waals surface area contributed by atoms with Crippen LogP contribution >= 0.6 is 0 Å². The van der Waals surface area contributed by atoms with Crippen molar-refractivity contribution in [2.45, 2.75) is 64.8 Å². The lowest BCUT2D eigenvalue weighted by Crippen LogP contribution is -2.50. The summed E-state index contributed by atoms with van der Waals surface area (Å²) in [6.07, 6.45) is 4.72. The average Bonchev–Trinajstić information content (AvgIpc) is 2.84. The molecule has 0 aliphatic carbocycles. The van der Waals surface area contributed by atoms with E-state index in [0.29, 0.717) is 12.1 Å². The van der Waals surface area contributed by atoms with Gasteiger partial charge in [0.05, 0.1) is 12.6 Å².